The van der Waals surface area contributed by atoms with Gasteiger partial charge in [-0.15, -0.1) is 0 Å². The molecule has 3 unspecified atom stereocenters. The summed E-state index contributed by atoms with van der Waals surface area (Å²) in [4.78, 5) is 38.6. The van der Waals surface area contributed by atoms with Crippen LogP contribution >= 0.6 is 46.5 Å². The molecule has 10 heteroatoms. The van der Waals surface area contributed by atoms with Crippen molar-refractivity contribution in [2.75, 3.05) is 0 Å². The van der Waals surface area contributed by atoms with Crippen molar-refractivity contribution in [1.29, 1.82) is 0 Å². The zero-order valence-corrected chi connectivity index (χ0v) is 25.5. The van der Waals surface area contributed by atoms with Gasteiger partial charge in [-0.25, -0.2) is 0 Å². The third-order valence-electron chi connectivity index (χ3n) is 8.15. The smallest absolute Gasteiger partial charge is 0.374 e. The predicted octanol–water partition coefficient (Wildman–Crippen LogP) is 7.65. The van der Waals surface area contributed by atoms with E-state index in [0.717, 1.165) is 77.0 Å². The van der Waals surface area contributed by atoms with Crippen LogP contribution in [-0.4, -0.2) is 33.7 Å². The van der Waals surface area contributed by atoms with Gasteiger partial charge in [0.25, 0.3) is 0 Å². The van der Waals surface area contributed by atoms with Crippen molar-refractivity contribution in [3.05, 3.63) is 0 Å². The lowest BCUT2D eigenvalue weighted by Gasteiger charge is -2.26. The highest BCUT2D eigenvalue weighted by molar-refractivity contribution is 7.82. The highest BCUT2D eigenvalue weighted by atomic mass is 32.1. The third-order valence-corrected chi connectivity index (χ3v) is 10.4. The van der Waals surface area contributed by atoms with Crippen molar-refractivity contribution in [2.45, 2.75) is 131 Å². The first-order valence-electron chi connectivity index (χ1n) is 14.3. The zero-order valence-electron chi connectivity index (χ0n) is 21.9. The van der Waals surface area contributed by atoms with E-state index in [2.05, 4.69) is 37.9 Å². The Morgan fingerprint density at radius 3 is 1.00 bits per heavy atom. The van der Waals surface area contributed by atoms with E-state index in [1.54, 1.807) is 0 Å². The fraction of sp³-hybridized carbons (Fsp3) is 0.889. The van der Waals surface area contributed by atoms with Gasteiger partial charge in [0, 0.05) is 0 Å². The molecule has 0 heterocycles. The van der Waals surface area contributed by atoms with Gasteiger partial charge in [-0.3, -0.25) is 14.4 Å². The number of hydrogen-bond donors (Lipinski definition) is 3. The lowest BCUT2D eigenvalue weighted by atomic mass is 9.86. The Morgan fingerprint density at radius 2 is 0.757 bits per heavy atom. The molecule has 0 aliphatic heterocycles. The molecule has 3 saturated carbocycles. The van der Waals surface area contributed by atoms with Crippen LogP contribution in [0.15, 0.2) is 0 Å². The molecule has 3 aliphatic rings. The first-order chi connectivity index (χ1) is 17.8. The lowest BCUT2D eigenvalue weighted by Crippen LogP contribution is -2.26. The molecule has 0 aromatic rings. The Hall–Kier alpha value is -0.110. The summed E-state index contributed by atoms with van der Waals surface area (Å²) in [5.74, 6) is -0.580. The van der Waals surface area contributed by atoms with Crippen LogP contribution < -0.4 is 0 Å². The van der Waals surface area contributed by atoms with E-state index < -0.39 is 42.3 Å². The molecule has 212 valence electrons. The van der Waals surface area contributed by atoms with E-state index in [1.807, 2.05) is 0 Å². The van der Waals surface area contributed by atoms with Crippen molar-refractivity contribution in [3.8, 4) is 0 Å². The standard InChI is InChI=1S/C27H45O6PS3/c28-25(22(35)16-19-10-4-1-5-11-19)31-34(32-26(29)23(36)17-20-12-6-2-7-13-20)33-27(30)24(37)18-21-14-8-3-9-15-21/h19-24,35-37H,1-18H2. The molecule has 3 rings (SSSR count). The van der Waals surface area contributed by atoms with Crippen LogP contribution in [0, 0.1) is 17.8 Å². The molecular weight excluding hydrogens is 547 g/mol. The first-order valence-corrected chi connectivity index (χ1v) is 17.0. The topological polar surface area (TPSA) is 78.9 Å². The Balaban J connectivity index is 1.56. The summed E-state index contributed by atoms with van der Waals surface area (Å²) in [7, 11) is -2.54. The fourth-order valence-electron chi connectivity index (χ4n) is 5.96. The van der Waals surface area contributed by atoms with E-state index in [4.69, 9.17) is 13.6 Å². The monoisotopic (exact) mass is 592 g/mol. The maximum Gasteiger partial charge on any atom is 0.537 e. The van der Waals surface area contributed by atoms with Crippen LogP contribution in [-0.2, 0) is 28.0 Å². The van der Waals surface area contributed by atoms with Crippen LogP contribution in [0.1, 0.15) is 116 Å². The van der Waals surface area contributed by atoms with Gasteiger partial charge in [0.2, 0.25) is 0 Å². The van der Waals surface area contributed by atoms with Gasteiger partial charge in [0.05, 0.1) is 0 Å². The fourth-order valence-corrected chi connectivity index (χ4v) is 8.20. The second kappa shape index (κ2) is 16.9. The van der Waals surface area contributed by atoms with Gasteiger partial charge in [-0.1, -0.05) is 96.3 Å². The number of hydrogen-bond acceptors (Lipinski definition) is 9. The summed E-state index contributed by atoms with van der Waals surface area (Å²) in [5, 5.41) is -1.98. The van der Waals surface area contributed by atoms with E-state index >= 15 is 0 Å². The maximum atomic E-state index is 12.9. The molecule has 0 N–H and O–H groups in total. The maximum absolute atomic E-state index is 12.9. The quantitative estimate of drug-likeness (QED) is 0.160. The molecule has 0 saturated heterocycles. The van der Waals surface area contributed by atoms with Crippen molar-refractivity contribution < 1.29 is 28.0 Å². The number of carbonyl (C=O) groups is 3. The molecule has 0 radical (unpaired) electrons. The first kappa shape index (κ1) is 31.4. The summed E-state index contributed by atoms with van der Waals surface area (Å²) in [5.41, 5.74) is 0. The van der Waals surface area contributed by atoms with Crippen LogP contribution in [0.25, 0.3) is 0 Å². The normalized spacial score (nSPS) is 23.4. The number of thiol groups is 3. The van der Waals surface area contributed by atoms with E-state index in [-0.39, 0.29) is 0 Å². The minimum Gasteiger partial charge on any atom is -0.374 e. The van der Waals surface area contributed by atoms with Gasteiger partial charge in [0.1, 0.15) is 15.7 Å². The van der Waals surface area contributed by atoms with Gasteiger partial charge >= 0.3 is 26.5 Å². The molecule has 0 aromatic carbocycles. The van der Waals surface area contributed by atoms with E-state index in [1.165, 1.54) is 19.3 Å². The largest absolute Gasteiger partial charge is 0.537 e. The Kier molecular flexibility index (Phi) is 14.3. The van der Waals surface area contributed by atoms with Gasteiger partial charge in [-0.2, -0.15) is 37.9 Å². The highest BCUT2D eigenvalue weighted by Crippen LogP contribution is 2.44. The molecule has 0 aromatic heterocycles. The molecule has 0 amide bonds. The molecule has 0 spiro atoms. The van der Waals surface area contributed by atoms with E-state index in [0.29, 0.717) is 37.0 Å². The second-order valence-corrected chi connectivity index (χ2v) is 14.1. The van der Waals surface area contributed by atoms with Gasteiger partial charge in [-0.05, 0) is 37.0 Å². The van der Waals surface area contributed by atoms with Gasteiger partial charge < -0.3 is 13.6 Å². The Labute approximate surface area is 240 Å². The van der Waals surface area contributed by atoms with Crippen molar-refractivity contribution >= 4 is 64.4 Å². The van der Waals surface area contributed by atoms with E-state index in [9.17, 15) is 14.4 Å². The summed E-state index contributed by atoms with van der Waals surface area (Å²) in [6.07, 6.45) is 18.9. The third kappa shape index (κ3) is 11.5. The van der Waals surface area contributed by atoms with Crippen LogP contribution in [0.3, 0.4) is 0 Å². The van der Waals surface area contributed by atoms with Crippen molar-refractivity contribution in [1.82, 2.24) is 0 Å². The van der Waals surface area contributed by atoms with Crippen LogP contribution in [0.5, 0.6) is 0 Å². The average Bonchev–Trinajstić information content (AvgIpc) is 2.90. The molecule has 3 fully saturated rings. The molecule has 6 nitrogen and oxygen atoms in total. The van der Waals surface area contributed by atoms with Gasteiger partial charge in [0.15, 0.2) is 0 Å². The lowest BCUT2D eigenvalue weighted by molar-refractivity contribution is -0.142. The molecule has 37 heavy (non-hydrogen) atoms. The molecule has 3 atom stereocenters. The summed E-state index contributed by atoms with van der Waals surface area (Å²) >= 11 is 13.4. The second-order valence-electron chi connectivity index (χ2n) is 11.2. The van der Waals surface area contributed by atoms with Crippen molar-refractivity contribution in [3.63, 3.8) is 0 Å². The molecular formula is C27H45O6PS3. The Morgan fingerprint density at radius 1 is 0.514 bits per heavy atom. The average molecular weight is 593 g/mol. The summed E-state index contributed by atoms with van der Waals surface area (Å²) < 4.78 is 16.4. The highest BCUT2D eigenvalue weighted by Gasteiger charge is 2.35. The zero-order chi connectivity index (χ0) is 26.6. The minimum atomic E-state index is -2.54. The predicted molar refractivity (Wildman–Crippen MR) is 157 cm³/mol. The summed E-state index contributed by atoms with van der Waals surface area (Å²) in [6, 6.07) is 0. The van der Waals surface area contributed by atoms with Crippen LogP contribution in [0.4, 0.5) is 0 Å². The number of carbonyl (C=O) groups excluding carboxylic acids is 3. The molecule has 0 bridgehead atoms. The number of rotatable bonds is 12. The van der Waals surface area contributed by atoms with Crippen LogP contribution in [0.2, 0.25) is 0 Å². The SMILES string of the molecule is O=C(OP(OC(=O)C(S)CC1CCCCC1)OC(=O)C(S)CC1CCCCC1)C(S)CC1CCCCC1. The molecule has 3 aliphatic carbocycles. The summed E-state index contributed by atoms with van der Waals surface area (Å²) in [6.45, 7) is 0. The van der Waals surface area contributed by atoms with Crippen molar-refractivity contribution in [2.24, 2.45) is 17.8 Å². The minimum absolute atomic E-state index is 0.426. The Bertz CT molecular complexity index is 628.